The van der Waals surface area contributed by atoms with Crippen LogP contribution in [0.3, 0.4) is 0 Å². The quantitative estimate of drug-likeness (QED) is 0.751. The van der Waals surface area contributed by atoms with Crippen LogP contribution in [0.2, 0.25) is 0 Å². The predicted molar refractivity (Wildman–Crippen MR) is 75.5 cm³/mol. The fourth-order valence-electron chi connectivity index (χ4n) is 2.52. The van der Waals surface area contributed by atoms with Gasteiger partial charge in [0.15, 0.2) is 0 Å². The van der Waals surface area contributed by atoms with Crippen molar-refractivity contribution in [3.63, 3.8) is 0 Å². The molecule has 0 saturated carbocycles. The average molecular weight is 269 g/mol. The summed E-state index contributed by atoms with van der Waals surface area (Å²) in [7, 11) is 0. The molecular weight excluding hydrogens is 242 g/mol. The molecule has 1 fully saturated rings. The normalized spacial score (nSPS) is 18.2. The second-order valence-electron chi connectivity index (χ2n) is 5.24. The molecule has 1 saturated heterocycles. The molecular formula is C14H27N3O2. The van der Waals surface area contributed by atoms with Gasteiger partial charge >= 0.3 is 0 Å². The van der Waals surface area contributed by atoms with Gasteiger partial charge in [-0.3, -0.25) is 9.59 Å². The summed E-state index contributed by atoms with van der Waals surface area (Å²) >= 11 is 0. The highest BCUT2D eigenvalue weighted by Gasteiger charge is 2.27. The molecule has 1 aliphatic rings. The van der Waals surface area contributed by atoms with E-state index in [0.29, 0.717) is 13.0 Å². The molecule has 110 valence electrons. The first-order valence-corrected chi connectivity index (χ1v) is 7.40. The van der Waals surface area contributed by atoms with Crippen LogP contribution in [0.4, 0.5) is 0 Å². The maximum absolute atomic E-state index is 12.3. The predicted octanol–water partition coefficient (Wildman–Crippen LogP) is 0.879. The van der Waals surface area contributed by atoms with Gasteiger partial charge in [-0.25, -0.2) is 0 Å². The Bertz CT molecular complexity index is 299. The summed E-state index contributed by atoms with van der Waals surface area (Å²) in [4.78, 5) is 25.5. The lowest BCUT2D eigenvalue weighted by molar-refractivity contribution is -0.136. The highest BCUT2D eigenvalue weighted by atomic mass is 16.2. The number of likely N-dealkylation sites (tertiary alicyclic amines) is 1. The van der Waals surface area contributed by atoms with Crippen molar-refractivity contribution in [2.45, 2.75) is 52.0 Å². The zero-order valence-corrected chi connectivity index (χ0v) is 12.2. The van der Waals surface area contributed by atoms with E-state index >= 15 is 0 Å². The van der Waals surface area contributed by atoms with E-state index in [1.165, 1.54) is 0 Å². The summed E-state index contributed by atoms with van der Waals surface area (Å²) in [5.74, 6) is 0.243. The molecule has 1 aliphatic heterocycles. The standard InChI is InChI=1S/C14H27N3O2/c1-3-5-11(10-15)14(19)17-8-6-12(7-9-17)16-13(18)4-2/h11-12H,3-10,15H2,1-2H3,(H,16,18). The topological polar surface area (TPSA) is 75.4 Å². The van der Waals surface area contributed by atoms with Crippen molar-refractivity contribution in [1.29, 1.82) is 0 Å². The molecule has 0 aromatic carbocycles. The van der Waals surface area contributed by atoms with Gasteiger partial charge in [0.1, 0.15) is 0 Å². The lowest BCUT2D eigenvalue weighted by Crippen LogP contribution is -2.48. The number of nitrogens with one attached hydrogen (secondary N) is 1. The smallest absolute Gasteiger partial charge is 0.226 e. The van der Waals surface area contributed by atoms with Crippen molar-refractivity contribution >= 4 is 11.8 Å². The van der Waals surface area contributed by atoms with E-state index in [4.69, 9.17) is 5.73 Å². The molecule has 3 N–H and O–H groups in total. The molecule has 0 spiro atoms. The van der Waals surface area contributed by atoms with Crippen LogP contribution < -0.4 is 11.1 Å². The third-order valence-corrected chi connectivity index (χ3v) is 3.76. The van der Waals surface area contributed by atoms with Crippen molar-refractivity contribution in [3.05, 3.63) is 0 Å². The van der Waals surface area contributed by atoms with E-state index in [-0.39, 0.29) is 23.8 Å². The Balaban J connectivity index is 2.40. The minimum absolute atomic E-state index is 0.0354. The fourth-order valence-corrected chi connectivity index (χ4v) is 2.52. The molecule has 2 amide bonds. The highest BCUT2D eigenvalue weighted by molar-refractivity contribution is 5.79. The SMILES string of the molecule is CCCC(CN)C(=O)N1CCC(NC(=O)CC)CC1. The Hall–Kier alpha value is -1.10. The van der Waals surface area contributed by atoms with Crippen molar-refractivity contribution in [2.75, 3.05) is 19.6 Å². The minimum Gasteiger partial charge on any atom is -0.353 e. The Labute approximate surface area is 115 Å². The molecule has 0 radical (unpaired) electrons. The molecule has 1 heterocycles. The molecule has 5 heteroatoms. The van der Waals surface area contributed by atoms with Gasteiger partial charge in [0.05, 0.1) is 5.92 Å². The Morgan fingerprint density at radius 3 is 2.42 bits per heavy atom. The number of carbonyl (C=O) groups is 2. The third-order valence-electron chi connectivity index (χ3n) is 3.76. The Kier molecular flexibility index (Phi) is 6.84. The summed E-state index contributed by atoms with van der Waals surface area (Å²) in [6, 6.07) is 0.221. The number of carbonyl (C=O) groups excluding carboxylic acids is 2. The molecule has 0 aromatic rings. The van der Waals surface area contributed by atoms with Crippen LogP contribution in [0, 0.1) is 5.92 Å². The Morgan fingerprint density at radius 2 is 1.95 bits per heavy atom. The van der Waals surface area contributed by atoms with Crippen LogP contribution in [0.25, 0.3) is 0 Å². The van der Waals surface area contributed by atoms with Crippen LogP contribution in [0.5, 0.6) is 0 Å². The van der Waals surface area contributed by atoms with Crippen molar-refractivity contribution in [3.8, 4) is 0 Å². The minimum atomic E-state index is -0.0354. The first-order chi connectivity index (χ1) is 9.12. The van der Waals surface area contributed by atoms with Crippen LogP contribution in [0.1, 0.15) is 46.0 Å². The zero-order chi connectivity index (χ0) is 14.3. The van der Waals surface area contributed by atoms with E-state index in [2.05, 4.69) is 12.2 Å². The molecule has 0 aromatic heterocycles. The van der Waals surface area contributed by atoms with Gasteiger partial charge in [0, 0.05) is 32.1 Å². The second kappa shape index (κ2) is 8.15. The van der Waals surface area contributed by atoms with E-state index in [1.54, 1.807) is 0 Å². The van der Waals surface area contributed by atoms with E-state index in [0.717, 1.165) is 38.8 Å². The van der Waals surface area contributed by atoms with Gasteiger partial charge in [-0.1, -0.05) is 20.3 Å². The molecule has 0 bridgehead atoms. The number of amides is 2. The summed E-state index contributed by atoms with van der Waals surface area (Å²) < 4.78 is 0. The largest absolute Gasteiger partial charge is 0.353 e. The molecule has 19 heavy (non-hydrogen) atoms. The first-order valence-electron chi connectivity index (χ1n) is 7.40. The third kappa shape index (κ3) is 4.82. The zero-order valence-electron chi connectivity index (χ0n) is 12.2. The van der Waals surface area contributed by atoms with Gasteiger partial charge < -0.3 is 16.0 Å². The maximum Gasteiger partial charge on any atom is 0.226 e. The van der Waals surface area contributed by atoms with Gasteiger partial charge in [-0.15, -0.1) is 0 Å². The van der Waals surface area contributed by atoms with Gasteiger partial charge in [0.2, 0.25) is 11.8 Å². The van der Waals surface area contributed by atoms with Crippen LogP contribution in [-0.2, 0) is 9.59 Å². The van der Waals surface area contributed by atoms with Crippen molar-refractivity contribution < 1.29 is 9.59 Å². The van der Waals surface area contributed by atoms with Gasteiger partial charge in [-0.05, 0) is 19.3 Å². The number of rotatable bonds is 6. The second-order valence-corrected chi connectivity index (χ2v) is 5.24. The fraction of sp³-hybridized carbons (Fsp3) is 0.857. The molecule has 1 rings (SSSR count). The lowest BCUT2D eigenvalue weighted by Gasteiger charge is -2.34. The molecule has 1 atom stereocenters. The monoisotopic (exact) mass is 269 g/mol. The number of hydrogen-bond acceptors (Lipinski definition) is 3. The average Bonchev–Trinajstić information content (AvgIpc) is 2.44. The van der Waals surface area contributed by atoms with E-state index in [1.807, 2.05) is 11.8 Å². The van der Waals surface area contributed by atoms with Crippen LogP contribution in [0.15, 0.2) is 0 Å². The highest BCUT2D eigenvalue weighted by Crippen LogP contribution is 2.16. The maximum atomic E-state index is 12.3. The van der Waals surface area contributed by atoms with E-state index < -0.39 is 0 Å². The van der Waals surface area contributed by atoms with Gasteiger partial charge in [-0.2, -0.15) is 0 Å². The summed E-state index contributed by atoms with van der Waals surface area (Å²) in [5, 5.41) is 2.99. The number of piperidine rings is 1. The molecule has 5 nitrogen and oxygen atoms in total. The number of hydrogen-bond donors (Lipinski definition) is 2. The summed E-state index contributed by atoms with van der Waals surface area (Å²) in [5.41, 5.74) is 5.67. The number of nitrogens with zero attached hydrogens (tertiary/aromatic N) is 1. The lowest BCUT2D eigenvalue weighted by atomic mass is 9.99. The van der Waals surface area contributed by atoms with Crippen molar-refractivity contribution in [2.24, 2.45) is 11.7 Å². The Morgan fingerprint density at radius 1 is 1.32 bits per heavy atom. The van der Waals surface area contributed by atoms with Gasteiger partial charge in [0.25, 0.3) is 0 Å². The summed E-state index contributed by atoms with van der Waals surface area (Å²) in [6.07, 6.45) is 4.06. The van der Waals surface area contributed by atoms with Crippen LogP contribution >= 0.6 is 0 Å². The molecule has 0 aliphatic carbocycles. The summed E-state index contributed by atoms with van der Waals surface area (Å²) in [6.45, 7) is 5.81. The number of nitrogens with two attached hydrogens (primary N) is 1. The van der Waals surface area contributed by atoms with E-state index in [9.17, 15) is 9.59 Å². The van der Waals surface area contributed by atoms with Crippen LogP contribution in [-0.4, -0.2) is 42.4 Å². The molecule has 1 unspecified atom stereocenters. The van der Waals surface area contributed by atoms with Crippen molar-refractivity contribution in [1.82, 2.24) is 10.2 Å². The first kappa shape index (κ1) is 16.0.